The molecular weight excluding hydrogens is 290 g/mol. The maximum absolute atomic E-state index is 11.8. The van der Waals surface area contributed by atoms with E-state index in [4.69, 9.17) is 4.52 Å². The van der Waals surface area contributed by atoms with E-state index in [1.54, 1.807) is 12.3 Å². The number of carbonyl (C=O) groups excluding carboxylic acids is 1. The van der Waals surface area contributed by atoms with Crippen molar-refractivity contribution >= 4 is 12.0 Å². The van der Waals surface area contributed by atoms with E-state index in [2.05, 4.69) is 15.5 Å². The summed E-state index contributed by atoms with van der Waals surface area (Å²) >= 11 is 0. The first-order valence-electron chi connectivity index (χ1n) is 7.19. The van der Waals surface area contributed by atoms with Crippen LogP contribution in [0.2, 0.25) is 0 Å². The van der Waals surface area contributed by atoms with Gasteiger partial charge >= 0.3 is 0 Å². The predicted octanol–water partition coefficient (Wildman–Crippen LogP) is 3.07. The Hall–Kier alpha value is -3.21. The van der Waals surface area contributed by atoms with Crippen LogP contribution in [0.1, 0.15) is 11.5 Å². The van der Waals surface area contributed by atoms with Crippen LogP contribution in [0.3, 0.4) is 0 Å². The van der Waals surface area contributed by atoms with Gasteiger partial charge in [0.2, 0.25) is 5.91 Å². The van der Waals surface area contributed by atoms with Gasteiger partial charge in [0, 0.05) is 23.9 Å². The minimum atomic E-state index is -0.215. The molecule has 2 heterocycles. The Balaban J connectivity index is 1.55. The van der Waals surface area contributed by atoms with Crippen LogP contribution in [-0.4, -0.2) is 16.0 Å². The molecule has 3 rings (SSSR count). The molecule has 0 spiro atoms. The van der Waals surface area contributed by atoms with Gasteiger partial charge in [-0.15, -0.1) is 0 Å². The monoisotopic (exact) mass is 305 g/mol. The summed E-state index contributed by atoms with van der Waals surface area (Å²) in [5.41, 5.74) is 2.46. The maximum Gasteiger partial charge on any atom is 0.244 e. The first-order chi connectivity index (χ1) is 11.3. The van der Waals surface area contributed by atoms with Gasteiger partial charge in [-0.1, -0.05) is 41.6 Å². The van der Waals surface area contributed by atoms with Gasteiger partial charge in [0.1, 0.15) is 5.69 Å². The largest absolute Gasteiger partial charge is 0.359 e. The van der Waals surface area contributed by atoms with Gasteiger partial charge in [0.05, 0.1) is 12.2 Å². The Labute approximate surface area is 133 Å². The Morgan fingerprint density at radius 2 is 1.96 bits per heavy atom. The SMILES string of the molecule is O=C(C=Cc1ccccn1)NCc1cc(-c2ccccc2)no1. The molecule has 0 fully saturated rings. The van der Waals surface area contributed by atoms with E-state index in [0.717, 1.165) is 17.0 Å². The smallest absolute Gasteiger partial charge is 0.244 e. The summed E-state index contributed by atoms with van der Waals surface area (Å²) in [4.78, 5) is 15.9. The first kappa shape index (κ1) is 14.7. The van der Waals surface area contributed by atoms with E-state index in [9.17, 15) is 4.79 Å². The molecule has 23 heavy (non-hydrogen) atoms. The number of benzene rings is 1. The highest BCUT2D eigenvalue weighted by molar-refractivity contribution is 5.91. The van der Waals surface area contributed by atoms with E-state index in [-0.39, 0.29) is 12.5 Å². The zero-order chi connectivity index (χ0) is 15.9. The van der Waals surface area contributed by atoms with Crippen molar-refractivity contribution in [1.29, 1.82) is 0 Å². The average molecular weight is 305 g/mol. The second-order valence-electron chi connectivity index (χ2n) is 4.85. The highest BCUT2D eigenvalue weighted by atomic mass is 16.5. The van der Waals surface area contributed by atoms with E-state index in [1.807, 2.05) is 54.6 Å². The zero-order valence-corrected chi connectivity index (χ0v) is 12.3. The lowest BCUT2D eigenvalue weighted by Crippen LogP contribution is -2.19. The van der Waals surface area contributed by atoms with Gasteiger partial charge in [-0.3, -0.25) is 9.78 Å². The molecule has 5 heteroatoms. The molecule has 0 aliphatic rings. The van der Waals surface area contributed by atoms with E-state index >= 15 is 0 Å². The molecule has 1 amide bonds. The zero-order valence-electron chi connectivity index (χ0n) is 12.3. The third-order valence-corrected chi connectivity index (χ3v) is 3.16. The van der Waals surface area contributed by atoms with Crippen LogP contribution in [0, 0.1) is 0 Å². The van der Waals surface area contributed by atoms with Crippen molar-refractivity contribution in [1.82, 2.24) is 15.5 Å². The van der Waals surface area contributed by atoms with Crippen molar-refractivity contribution in [2.24, 2.45) is 0 Å². The molecule has 0 atom stereocenters. The second kappa shape index (κ2) is 7.17. The summed E-state index contributed by atoms with van der Waals surface area (Å²) in [6.45, 7) is 0.283. The van der Waals surface area contributed by atoms with Crippen molar-refractivity contribution in [2.75, 3.05) is 0 Å². The lowest BCUT2D eigenvalue weighted by molar-refractivity contribution is -0.116. The summed E-state index contributed by atoms with van der Waals surface area (Å²) in [5, 5.41) is 6.75. The minimum Gasteiger partial charge on any atom is -0.359 e. The summed E-state index contributed by atoms with van der Waals surface area (Å²) < 4.78 is 5.23. The number of nitrogens with one attached hydrogen (secondary N) is 1. The molecular formula is C18H15N3O2. The lowest BCUT2D eigenvalue weighted by atomic mass is 10.1. The number of hydrogen-bond donors (Lipinski definition) is 1. The quantitative estimate of drug-likeness (QED) is 0.736. The van der Waals surface area contributed by atoms with E-state index < -0.39 is 0 Å². The number of aromatic nitrogens is 2. The highest BCUT2D eigenvalue weighted by Gasteiger charge is 2.06. The summed E-state index contributed by atoms with van der Waals surface area (Å²) in [5.74, 6) is 0.386. The molecule has 0 aliphatic carbocycles. The molecule has 0 bridgehead atoms. The molecule has 5 nitrogen and oxygen atoms in total. The predicted molar refractivity (Wildman–Crippen MR) is 87.1 cm³/mol. The molecule has 0 saturated carbocycles. The van der Waals surface area contributed by atoms with Crippen molar-refractivity contribution < 1.29 is 9.32 Å². The van der Waals surface area contributed by atoms with Crippen LogP contribution < -0.4 is 5.32 Å². The molecule has 3 aromatic rings. The van der Waals surface area contributed by atoms with Gasteiger partial charge in [-0.2, -0.15) is 0 Å². The molecule has 0 unspecified atom stereocenters. The number of hydrogen-bond acceptors (Lipinski definition) is 4. The fourth-order valence-corrected chi connectivity index (χ4v) is 2.01. The Kier molecular flexibility index (Phi) is 4.59. The number of rotatable bonds is 5. The fourth-order valence-electron chi connectivity index (χ4n) is 2.01. The fraction of sp³-hybridized carbons (Fsp3) is 0.0556. The molecule has 0 saturated heterocycles. The second-order valence-corrected chi connectivity index (χ2v) is 4.85. The van der Waals surface area contributed by atoms with Gasteiger partial charge in [0.25, 0.3) is 0 Å². The van der Waals surface area contributed by atoms with Crippen molar-refractivity contribution in [3.63, 3.8) is 0 Å². The van der Waals surface area contributed by atoms with Crippen molar-refractivity contribution in [3.05, 3.63) is 78.3 Å². The van der Waals surface area contributed by atoms with Gasteiger partial charge < -0.3 is 9.84 Å². The lowest BCUT2D eigenvalue weighted by Gasteiger charge is -1.97. The first-order valence-corrected chi connectivity index (χ1v) is 7.19. The minimum absolute atomic E-state index is 0.215. The number of pyridine rings is 1. The van der Waals surface area contributed by atoms with Crippen LogP contribution in [0.5, 0.6) is 0 Å². The molecule has 114 valence electrons. The highest BCUT2D eigenvalue weighted by Crippen LogP contribution is 2.18. The van der Waals surface area contributed by atoms with Crippen LogP contribution in [0.25, 0.3) is 17.3 Å². The summed E-state index contributed by atoms with van der Waals surface area (Å²) in [6, 6.07) is 17.1. The third-order valence-electron chi connectivity index (χ3n) is 3.16. The van der Waals surface area contributed by atoms with Crippen molar-refractivity contribution in [2.45, 2.75) is 6.54 Å². The van der Waals surface area contributed by atoms with Gasteiger partial charge in [-0.05, 0) is 18.2 Å². The normalized spacial score (nSPS) is 10.8. The molecule has 2 aromatic heterocycles. The van der Waals surface area contributed by atoms with Crippen LogP contribution in [-0.2, 0) is 11.3 Å². The Morgan fingerprint density at radius 3 is 2.74 bits per heavy atom. The standard InChI is InChI=1S/C18H15N3O2/c22-18(10-9-15-8-4-5-11-19-15)20-13-16-12-17(21-23-16)14-6-2-1-3-7-14/h1-12H,13H2,(H,20,22). The van der Waals surface area contributed by atoms with E-state index in [0.29, 0.717) is 5.76 Å². The van der Waals surface area contributed by atoms with Gasteiger partial charge in [-0.25, -0.2) is 0 Å². The Morgan fingerprint density at radius 1 is 1.13 bits per heavy atom. The number of nitrogens with zero attached hydrogens (tertiary/aromatic N) is 2. The Bertz CT molecular complexity index is 795. The third kappa shape index (κ3) is 4.14. The molecule has 0 aliphatic heterocycles. The molecule has 0 radical (unpaired) electrons. The van der Waals surface area contributed by atoms with Gasteiger partial charge in [0.15, 0.2) is 5.76 Å². The average Bonchev–Trinajstić information content (AvgIpc) is 3.09. The van der Waals surface area contributed by atoms with Crippen LogP contribution in [0.4, 0.5) is 0 Å². The summed E-state index contributed by atoms with van der Waals surface area (Å²) in [7, 11) is 0. The van der Waals surface area contributed by atoms with Crippen LogP contribution >= 0.6 is 0 Å². The molecule has 1 N–H and O–H groups in total. The summed E-state index contributed by atoms with van der Waals surface area (Å²) in [6.07, 6.45) is 4.78. The number of carbonyl (C=O) groups is 1. The van der Waals surface area contributed by atoms with Crippen LogP contribution in [0.15, 0.2) is 71.4 Å². The molecule has 1 aromatic carbocycles. The maximum atomic E-state index is 11.8. The number of amides is 1. The topological polar surface area (TPSA) is 68.0 Å². The van der Waals surface area contributed by atoms with Crippen molar-refractivity contribution in [3.8, 4) is 11.3 Å². The van der Waals surface area contributed by atoms with E-state index in [1.165, 1.54) is 6.08 Å².